The molecule has 2 atom stereocenters. The summed E-state index contributed by atoms with van der Waals surface area (Å²) in [5.41, 5.74) is 3.24. The van der Waals surface area contributed by atoms with Gasteiger partial charge in [-0.1, -0.05) is 19.9 Å². The maximum absolute atomic E-state index is 12.6. The second kappa shape index (κ2) is 8.38. The molecular weight excluding hydrogens is 378 g/mol. The van der Waals surface area contributed by atoms with Crippen LogP contribution in [0, 0.1) is 0 Å². The van der Waals surface area contributed by atoms with Crippen molar-refractivity contribution in [3.8, 4) is 0 Å². The number of nitrogens with one attached hydrogen (secondary N) is 2. The zero-order valence-electron chi connectivity index (χ0n) is 16.0. The van der Waals surface area contributed by atoms with Crippen LogP contribution in [0.25, 0.3) is 0 Å². The van der Waals surface area contributed by atoms with Crippen molar-refractivity contribution in [2.75, 3.05) is 12.4 Å². The van der Waals surface area contributed by atoms with E-state index in [1.54, 1.807) is 13.0 Å². The summed E-state index contributed by atoms with van der Waals surface area (Å²) in [6.07, 6.45) is 2.25. The number of amides is 1. The van der Waals surface area contributed by atoms with Crippen LogP contribution >= 0.6 is 0 Å². The highest BCUT2D eigenvalue weighted by molar-refractivity contribution is 7.91. The van der Waals surface area contributed by atoms with Crippen LogP contribution in [0.5, 0.6) is 0 Å². The molecule has 150 valence electrons. The molecule has 0 unspecified atom stereocenters. The smallest absolute Gasteiger partial charge is 0.251 e. The van der Waals surface area contributed by atoms with E-state index in [4.69, 9.17) is 0 Å². The van der Waals surface area contributed by atoms with Crippen molar-refractivity contribution >= 4 is 15.7 Å². The maximum atomic E-state index is 12.6. The first-order valence-corrected chi connectivity index (χ1v) is 11.0. The highest BCUT2D eigenvalue weighted by atomic mass is 32.2. The molecule has 1 amide bonds. The van der Waals surface area contributed by atoms with Crippen molar-refractivity contribution in [2.45, 2.75) is 43.8 Å². The summed E-state index contributed by atoms with van der Waals surface area (Å²) in [7, 11) is -3.34. The van der Waals surface area contributed by atoms with E-state index < -0.39 is 15.9 Å². The SMILES string of the molecule is CC[C@@H]1NCc2cc(C(=O)N[C@@H](CO)c3ccc(S(=O)(=O)CC)cn3)ccc21. The first-order chi connectivity index (χ1) is 13.4. The number of sulfone groups is 1. The molecule has 0 saturated carbocycles. The number of aliphatic hydroxyl groups excluding tert-OH is 1. The van der Waals surface area contributed by atoms with Gasteiger partial charge in [-0.25, -0.2) is 8.42 Å². The van der Waals surface area contributed by atoms with Crippen LogP contribution in [0.1, 0.15) is 59.5 Å². The van der Waals surface area contributed by atoms with Crippen molar-refractivity contribution < 1.29 is 18.3 Å². The van der Waals surface area contributed by atoms with Gasteiger partial charge in [0.05, 0.1) is 29.0 Å². The van der Waals surface area contributed by atoms with E-state index in [9.17, 15) is 18.3 Å². The third kappa shape index (κ3) is 4.09. The Hall–Kier alpha value is -2.29. The lowest BCUT2D eigenvalue weighted by atomic mass is 10.0. The summed E-state index contributed by atoms with van der Waals surface area (Å²) in [6.45, 7) is 4.06. The Labute approximate surface area is 165 Å². The summed E-state index contributed by atoms with van der Waals surface area (Å²) in [5, 5.41) is 15.9. The molecule has 8 heteroatoms. The average Bonchev–Trinajstić information content (AvgIpc) is 3.14. The molecule has 0 spiro atoms. The lowest BCUT2D eigenvalue weighted by molar-refractivity contribution is 0.0914. The minimum Gasteiger partial charge on any atom is -0.394 e. The fraction of sp³-hybridized carbons (Fsp3) is 0.400. The van der Waals surface area contributed by atoms with Gasteiger partial charge in [0.15, 0.2) is 9.84 Å². The van der Waals surface area contributed by atoms with Crippen LogP contribution in [0.4, 0.5) is 0 Å². The molecule has 1 aliphatic heterocycles. The fourth-order valence-electron chi connectivity index (χ4n) is 3.35. The number of benzene rings is 1. The van der Waals surface area contributed by atoms with Crippen molar-refractivity contribution in [3.05, 3.63) is 58.9 Å². The van der Waals surface area contributed by atoms with Crippen LogP contribution < -0.4 is 10.6 Å². The van der Waals surface area contributed by atoms with Crippen molar-refractivity contribution in [1.82, 2.24) is 15.6 Å². The summed E-state index contributed by atoms with van der Waals surface area (Å²) < 4.78 is 23.8. The molecule has 28 heavy (non-hydrogen) atoms. The molecule has 1 aromatic heterocycles. The van der Waals surface area contributed by atoms with E-state index in [0.29, 0.717) is 17.3 Å². The summed E-state index contributed by atoms with van der Waals surface area (Å²) >= 11 is 0. The highest BCUT2D eigenvalue weighted by Crippen LogP contribution is 2.28. The Morgan fingerprint density at radius 2 is 2.11 bits per heavy atom. The van der Waals surface area contributed by atoms with Crippen LogP contribution in [0.3, 0.4) is 0 Å². The molecule has 1 aliphatic rings. The van der Waals surface area contributed by atoms with Gasteiger partial charge in [-0.05, 0) is 41.8 Å². The van der Waals surface area contributed by atoms with E-state index in [1.165, 1.54) is 23.9 Å². The number of carbonyl (C=O) groups excluding carboxylic acids is 1. The van der Waals surface area contributed by atoms with Crippen molar-refractivity contribution in [1.29, 1.82) is 0 Å². The minimum atomic E-state index is -3.34. The van der Waals surface area contributed by atoms with Gasteiger partial charge in [0.1, 0.15) is 0 Å². The van der Waals surface area contributed by atoms with Crippen molar-refractivity contribution in [3.63, 3.8) is 0 Å². The number of rotatable bonds is 7. The second-order valence-corrected chi connectivity index (χ2v) is 9.06. The monoisotopic (exact) mass is 403 g/mol. The number of hydrogen-bond acceptors (Lipinski definition) is 6. The normalized spacial score (nSPS) is 17.2. The van der Waals surface area contributed by atoms with E-state index in [1.807, 2.05) is 12.1 Å². The van der Waals surface area contributed by atoms with Crippen LogP contribution in [-0.4, -0.2) is 36.8 Å². The van der Waals surface area contributed by atoms with Gasteiger partial charge in [0, 0.05) is 24.3 Å². The molecular formula is C20H25N3O4S. The van der Waals surface area contributed by atoms with Crippen LogP contribution in [-0.2, 0) is 16.4 Å². The molecule has 0 bridgehead atoms. The number of nitrogens with zero attached hydrogens (tertiary/aromatic N) is 1. The van der Waals surface area contributed by atoms with Crippen LogP contribution in [0.15, 0.2) is 41.4 Å². The van der Waals surface area contributed by atoms with Crippen molar-refractivity contribution in [2.24, 2.45) is 0 Å². The molecule has 0 aliphatic carbocycles. The maximum Gasteiger partial charge on any atom is 0.251 e. The standard InChI is InChI=1S/C20H25N3O4S/c1-3-17-16-7-5-13(9-14(16)10-21-17)20(25)23-19(12-24)18-8-6-15(11-22-18)28(26,27)4-2/h5-9,11,17,19,21,24H,3-4,10,12H2,1-2H3,(H,23,25)/t17-,19-/m0/s1. The molecule has 1 aromatic carbocycles. The molecule has 0 fully saturated rings. The number of pyridine rings is 1. The number of aromatic nitrogens is 1. The molecule has 0 radical (unpaired) electrons. The largest absolute Gasteiger partial charge is 0.394 e. The van der Waals surface area contributed by atoms with E-state index in [2.05, 4.69) is 22.5 Å². The second-order valence-electron chi connectivity index (χ2n) is 6.79. The quantitative estimate of drug-likeness (QED) is 0.652. The highest BCUT2D eigenvalue weighted by Gasteiger charge is 2.23. The van der Waals surface area contributed by atoms with Crippen LogP contribution in [0.2, 0.25) is 0 Å². The Morgan fingerprint density at radius 1 is 1.32 bits per heavy atom. The van der Waals surface area contributed by atoms with E-state index >= 15 is 0 Å². The first kappa shape index (κ1) is 20.4. The topological polar surface area (TPSA) is 108 Å². The van der Waals surface area contributed by atoms with Gasteiger partial charge in [-0.2, -0.15) is 0 Å². The predicted molar refractivity (Wildman–Crippen MR) is 106 cm³/mol. The van der Waals surface area contributed by atoms with Gasteiger partial charge in [-0.3, -0.25) is 9.78 Å². The van der Waals surface area contributed by atoms with Gasteiger partial charge in [0.2, 0.25) is 0 Å². The lowest BCUT2D eigenvalue weighted by Crippen LogP contribution is -2.31. The van der Waals surface area contributed by atoms with E-state index in [-0.39, 0.29) is 23.2 Å². The summed E-state index contributed by atoms with van der Waals surface area (Å²) in [4.78, 5) is 16.9. The Bertz CT molecular complexity index is 958. The first-order valence-electron chi connectivity index (χ1n) is 9.36. The third-order valence-corrected chi connectivity index (χ3v) is 6.79. The number of fused-ring (bicyclic) bond motifs is 1. The fourth-order valence-corrected chi connectivity index (χ4v) is 4.17. The van der Waals surface area contributed by atoms with Gasteiger partial charge < -0.3 is 15.7 Å². The molecule has 7 nitrogen and oxygen atoms in total. The Kier molecular flexibility index (Phi) is 6.12. The predicted octanol–water partition coefficient (Wildman–Crippen LogP) is 1.89. The lowest BCUT2D eigenvalue weighted by Gasteiger charge is -2.17. The zero-order valence-corrected chi connectivity index (χ0v) is 16.8. The minimum absolute atomic E-state index is 0.0136. The Balaban J connectivity index is 1.75. The molecule has 0 saturated heterocycles. The zero-order chi connectivity index (χ0) is 20.3. The molecule has 2 aromatic rings. The number of hydrogen-bond donors (Lipinski definition) is 3. The summed E-state index contributed by atoms with van der Waals surface area (Å²) in [5.74, 6) is -0.325. The Morgan fingerprint density at radius 3 is 2.71 bits per heavy atom. The molecule has 3 rings (SSSR count). The summed E-state index contributed by atoms with van der Waals surface area (Å²) in [6, 6.07) is 8.17. The van der Waals surface area contributed by atoms with Gasteiger partial charge >= 0.3 is 0 Å². The number of carbonyl (C=O) groups is 1. The van der Waals surface area contributed by atoms with Gasteiger partial charge in [-0.15, -0.1) is 0 Å². The third-order valence-electron chi connectivity index (χ3n) is 5.07. The van der Waals surface area contributed by atoms with Gasteiger partial charge in [0.25, 0.3) is 5.91 Å². The average molecular weight is 404 g/mol. The van der Waals surface area contributed by atoms with E-state index in [0.717, 1.165) is 18.5 Å². The number of aliphatic hydroxyl groups is 1. The molecule has 2 heterocycles. The molecule has 3 N–H and O–H groups in total.